The highest BCUT2D eigenvalue weighted by Gasteiger charge is 2.68. The Morgan fingerprint density at radius 3 is 2.48 bits per heavy atom. The average molecular weight is 460 g/mol. The van der Waals surface area contributed by atoms with Gasteiger partial charge < -0.3 is 18.6 Å². The molecule has 1 aliphatic heterocycles. The molecule has 0 bridgehead atoms. The van der Waals surface area contributed by atoms with E-state index in [-0.39, 0.29) is 24.4 Å². The lowest BCUT2D eigenvalue weighted by atomic mass is 9.43. The fourth-order valence-electron chi connectivity index (χ4n) is 6.54. The summed E-state index contributed by atoms with van der Waals surface area (Å²) in [5, 5.41) is 0. The van der Waals surface area contributed by atoms with Crippen molar-refractivity contribution < 1.29 is 42.6 Å². The van der Waals surface area contributed by atoms with Gasteiger partial charge in [0.1, 0.15) is 0 Å². The smallest absolute Gasteiger partial charge is 0.310 e. The Hall–Kier alpha value is -2.97. The number of rotatable bonds is 4. The number of methoxy groups -OCH3 is 1. The monoisotopic (exact) mass is 460 g/mol. The third-order valence-electron chi connectivity index (χ3n) is 7.95. The number of carbonyl (C=O) groups excluding carboxylic acids is 5. The molecule has 178 valence electrons. The Labute approximate surface area is 191 Å². The van der Waals surface area contributed by atoms with E-state index in [2.05, 4.69) is 0 Å². The van der Waals surface area contributed by atoms with Crippen LogP contribution in [0.2, 0.25) is 0 Å². The summed E-state index contributed by atoms with van der Waals surface area (Å²) in [6.07, 6.45) is 0.0527. The molecule has 2 aliphatic carbocycles. The van der Waals surface area contributed by atoms with Gasteiger partial charge in [-0.3, -0.25) is 24.0 Å². The first-order chi connectivity index (χ1) is 15.5. The van der Waals surface area contributed by atoms with Crippen molar-refractivity contribution in [2.45, 2.75) is 58.7 Å². The van der Waals surface area contributed by atoms with Gasteiger partial charge in [-0.2, -0.15) is 0 Å². The van der Waals surface area contributed by atoms with Crippen molar-refractivity contribution in [2.24, 2.45) is 28.6 Å². The number of ketones is 2. The standard InChI is InChI=1S/C24H28O9/c1-12(25)32-16-10-14(21(28)30-4)23(2)8-7-13-22(29)33-17(18(26)15-6-5-9-31-15)11-24(13,3)20(23)19(16)27/h5-6,9,13-14,16-17,20H,7-8,10-11H2,1-4H3/t13-,14-,16-,17-,20-,23-,24-/m0/s1. The van der Waals surface area contributed by atoms with Crippen molar-refractivity contribution in [3.63, 3.8) is 0 Å². The maximum Gasteiger partial charge on any atom is 0.310 e. The Bertz CT molecular complexity index is 996. The van der Waals surface area contributed by atoms with Crippen molar-refractivity contribution in [3.8, 4) is 0 Å². The van der Waals surface area contributed by atoms with Crippen molar-refractivity contribution in [3.05, 3.63) is 24.2 Å². The zero-order valence-corrected chi connectivity index (χ0v) is 19.1. The minimum Gasteiger partial charge on any atom is -0.469 e. The number of hydrogen-bond donors (Lipinski definition) is 0. The second-order valence-electron chi connectivity index (χ2n) is 9.82. The number of Topliss-reactive ketones (excluding diaryl/α,β-unsaturated/α-hetero) is 2. The van der Waals surface area contributed by atoms with Crippen LogP contribution in [-0.2, 0) is 33.4 Å². The summed E-state index contributed by atoms with van der Waals surface area (Å²) in [6, 6.07) is 3.06. The molecule has 0 radical (unpaired) electrons. The summed E-state index contributed by atoms with van der Waals surface area (Å²) in [5.74, 6) is -4.57. The molecule has 0 amide bonds. The van der Waals surface area contributed by atoms with Crippen LogP contribution in [0.1, 0.15) is 57.0 Å². The highest BCUT2D eigenvalue weighted by molar-refractivity contribution is 5.99. The van der Waals surface area contributed by atoms with Gasteiger partial charge in [-0.05, 0) is 42.2 Å². The van der Waals surface area contributed by atoms with Gasteiger partial charge in [-0.25, -0.2) is 0 Å². The Morgan fingerprint density at radius 1 is 1.15 bits per heavy atom. The predicted octanol–water partition coefficient (Wildman–Crippen LogP) is 2.51. The van der Waals surface area contributed by atoms with E-state index in [0.717, 1.165) is 0 Å². The summed E-state index contributed by atoms with van der Waals surface area (Å²) in [6.45, 7) is 4.85. The van der Waals surface area contributed by atoms with Crippen LogP contribution >= 0.6 is 0 Å². The van der Waals surface area contributed by atoms with Crippen molar-refractivity contribution >= 4 is 29.5 Å². The van der Waals surface area contributed by atoms with Gasteiger partial charge in [0.2, 0.25) is 5.78 Å². The molecule has 9 heteroatoms. The highest BCUT2D eigenvalue weighted by Crippen LogP contribution is 2.64. The quantitative estimate of drug-likeness (QED) is 0.378. The fraction of sp³-hybridized carbons (Fsp3) is 0.625. The molecule has 3 fully saturated rings. The average Bonchev–Trinajstić information content (AvgIpc) is 3.28. The van der Waals surface area contributed by atoms with Gasteiger partial charge in [-0.1, -0.05) is 13.8 Å². The van der Waals surface area contributed by atoms with Crippen LogP contribution < -0.4 is 0 Å². The van der Waals surface area contributed by atoms with E-state index in [0.29, 0.717) is 12.8 Å². The number of carbonyl (C=O) groups is 5. The molecule has 1 aromatic heterocycles. The minimum atomic E-state index is -1.13. The van der Waals surface area contributed by atoms with E-state index in [1.54, 1.807) is 13.0 Å². The SMILES string of the molecule is COC(=O)[C@@H]1C[C@H](OC(C)=O)C(=O)[C@H]2[C@@]1(C)CC[C@H]1C(=O)O[C@H](C(=O)c3ccco3)C[C@]21C. The lowest BCUT2D eigenvalue weighted by molar-refractivity contribution is -0.206. The number of hydrogen-bond acceptors (Lipinski definition) is 9. The molecule has 1 aromatic rings. The van der Waals surface area contributed by atoms with Crippen molar-refractivity contribution in [2.75, 3.05) is 7.11 Å². The number of cyclic esters (lactones) is 1. The second-order valence-corrected chi connectivity index (χ2v) is 9.82. The van der Waals surface area contributed by atoms with E-state index in [9.17, 15) is 24.0 Å². The largest absolute Gasteiger partial charge is 0.469 e. The zero-order chi connectivity index (χ0) is 24.1. The molecule has 2 heterocycles. The van der Waals surface area contributed by atoms with Crippen LogP contribution in [-0.4, -0.2) is 48.8 Å². The molecule has 0 spiro atoms. The molecule has 4 rings (SSSR count). The summed E-state index contributed by atoms with van der Waals surface area (Å²) >= 11 is 0. The molecular weight excluding hydrogens is 432 g/mol. The number of esters is 3. The van der Waals surface area contributed by atoms with Gasteiger partial charge in [0.25, 0.3) is 0 Å². The topological polar surface area (TPSA) is 126 Å². The molecule has 3 aliphatic rings. The lowest BCUT2D eigenvalue weighted by Crippen LogP contribution is -2.65. The highest BCUT2D eigenvalue weighted by atomic mass is 16.6. The molecule has 33 heavy (non-hydrogen) atoms. The zero-order valence-electron chi connectivity index (χ0n) is 19.1. The molecule has 0 unspecified atom stereocenters. The predicted molar refractivity (Wildman–Crippen MR) is 111 cm³/mol. The minimum absolute atomic E-state index is 0.0258. The van der Waals surface area contributed by atoms with Crippen LogP contribution in [0.15, 0.2) is 22.8 Å². The summed E-state index contributed by atoms with van der Waals surface area (Å²) in [5.41, 5.74) is -1.82. The van der Waals surface area contributed by atoms with E-state index < -0.39 is 64.5 Å². The van der Waals surface area contributed by atoms with Crippen LogP contribution in [0.25, 0.3) is 0 Å². The first kappa shape index (κ1) is 23.2. The van der Waals surface area contributed by atoms with Crippen LogP contribution in [0.4, 0.5) is 0 Å². The third-order valence-corrected chi connectivity index (χ3v) is 7.95. The van der Waals surface area contributed by atoms with Gasteiger partial charge >= 0.3 is 17.9 Å². The van der Waals surface area contributed by atoms with E-state index in [4.69, 9.17) is 18.6 Å². The van der Waals surface area contributed by atoms with Crippen molar-refractivity contribution in [1.29, 1.82) is 0 Å². The first-order valence-corrected chi connectivity index (χ1v) is 11.1. The van der Waals surface area contributed by atoms with Crippen LogP contribution in [0, 0.1) is 28.6 Å². The number of fused-ring (bicyclic) bond motifs is 3. The Balaban J connectivity index is 1.77. The van der Waals surface area contributed by atoms with Gasteiger partial charge in [0.05, 0.1) is 25.2 Å². The number of furan rings is 1. The molecular formula is C24H28O9. The number of ether oxygens (including phenoxy) is 3. The lowest BCUT2D eigenvalue weighted by Gasteiger charge is -2.60. The summed E-state index contributed by atoms with van der Waals surface area (Å²) in [4.78, 5) is 64.3. The second kappa shape index (κ2) is 8.11. The summed E-state index contributed by atoms with van der Waals surface area (Å²) in [7, 11) is 1.28. The molecule has 1 saturated heterocycles. The first-order valence-electron chi connectivity index (χ1n) is 11.1. The molecule has 0 aromatic carbocycles. The maximum absolute atomic E-state index is 13.7. The van der Waals surface area contributed by atoms with Gasteiger partial charge in [0.15, 0.2) is 23.8 Å². The van der Waals surface area contributed by atoms with Crippen molar-refractivity contribution in [1.82, 2.24) is 0 Å². The Kier molecular flexibility index (Phi) is 5.70. The maximum atomic E-state index is 13.7. The molecule has 7 atom stereocenters. The van der Waals surface area contributed by atoms with E-state index in [1.807, 2.05) is 6.92 Å². The molecule has 0 N–H and O–H groups in total. The third kappa shape index (κ3) is 3.57. The molecule has 9 nitrogen and oxygen atoms in total. The fourth-order valence-corrected chi connectivity index (χ4v) is 6.54. The van der Waals surface area contributed by atoms with Gasteiger partial charge in [0, 0.05) is 19.3 Å². The summed E-state index contributed by atoms with van der Waals surface area (Å²) < 4.78 is 21.1. The van der Waals surface area contributed by atoms with Gasteiger partial charge in [-0.15, -0.1) is 0 Å². The van der Waals surface area contributed by atoms with E-state index in [1.165, 1.54) is 26.4 Å². The normalized spacial score (nSPS) is 37.9. The van der Waals surface area contributed by atoms with Crippen LogP contribution in [0.5, 0.6) is 0 Å². The van der Waals surface area contributed by atoms with E-state index >= 15 is 0 Å². The van der Waals surface area contributed by atoms with Crippen LogP contribution in [0.3, 0.4) is 0 Å². The molecule has 2 saturated carbocycles. The Morgan fingerprint density at radius 2 is 1.88 bits per heavy atom.